The Labute approximate surface area is 161 Å². The van der Waals surface area contributed by atoms with Crippen LogP contribution in [0.1, 0.15) is 11.7 Å². The van der Waals surface area contributed by atoms with E-state index in [1.165, 1.54) is 29.2 Å². The minimum absolute atomic E-state index is 0.0714. The van der Waals surface area contributed by atoms with Crippen molar-refractivity contribution in [3.05, 3.63) is 35.9 Å². The van der Waals surface area contributed by atoms with E-state index in [9.17, 15) is 32.2 Å². The zero-order chi connectivity index (χ0) is 20.7. The number of alkyl halides is 2. The SMILES string of the molecule is O=C(O)C(NC(=O)N1CCOCC1)C(C(OC(F)F)c1ccccc1)S(=O)O. The topological polar surface area (TPSA) is 125 Å². The monoisotopic (exact) mass is 422 g/mol. The van der Waals surface area contributed by atoms with Crippen LogP contribution in [-0.2, 0) is 25.3 Å². The first kappa shape index (κ1) is 22.1. The van der Waals surface area contributed by atoms with Gasteiger partial charge in [0, 0.05) is 13.1 Å². The molecule has 28 heavy (non-hydrogen) atoms. The van der Waals surface area contributed by atoms with E-state index in [2.05, 4.69) is 10.1 Å². The van der Waals surface area contributed by atoms with E-state index < -0.39 is 47.1 Å². The van der Waals surface area contributed by atoms with E-state index in [0.717, 1.165) is 0 Å². The lowest BCUT2D eigenvalue weighted by molar-refractivity contribution is -0.169. The molecule has 4 atom stereocenters. The number of morpholine rings is 1. The van der Waals surface area contributed by atoms with Crippen molar-refractivity contribution in [3.8, 4) is 0 Å². The first-order valence-corrected chi connectivity index (χ1v) is 9.42. The van der Waals surface area contributed by atoms with Gasteiger partial charge in [0.1, 0.15) is 17.4 Å². The summed E-state index contributed by atoms with van der Waals surface area (Å²) >= 11 is -2.92. The summed E-state index contributed by atoms with van der Waals surface area (Å²) in [6.07, 6.45) is -1.75. The highest BCUT2D eigenvalue weighted by atomic mass is 32.2. The standard InChI is InChI=1S/C16H20F2N2O7S/c17-15(18)27-12(10-4-2-1-3-5-10)13(28(24)25)11(14(21)22)19-16(23)20-6-8-26-9-7-20/h1-5,11-13,15H,6-9H2,(H,19,23)(H,21,22)(H,24,25). The van der Waals surface area contributed by atoms with E-state index in [4.69, 9.17) is 4.74 Å². The molecule has 1 aromatic carbocycles. The largest absolute Gasteiger partial charge is 0.480 e. The molecular weight excluding hydrogens is 402 g/mol. The second kappa shape index (κ2) is 10.4. The summed E-state index contributed by atoms with van der Waals surface area (Å²) in [7, 11) is 0. The van der Waals surface area contributed by atoms with Crippen molar-refractivity contribution in [2.24, 2.45) is 0 Å². The Hall–Kier alpha value is -2.15. The normalized spacial score (nSPS) is 18.9. The molecule has 0 aliphatic carbocycles. The molecule has 9 nitrogen and oxygen atoms in total. The van der Waals surface area contributed by atoms with Gasteiger partial charge < -0.3 is 29.3 Å². The molecule has 4 unspecified atom stereocenters. The molecule has 1 aliphatic rings. The number of carbonyl (C=O) groups excluding carboxylic acids is 1. The fourth-order valence-corrected chi connectivity index (χ4v) is 3.62. The molecule has 1 aromatic rings. The maximum absolute atomic E-state index is 13.0. The van der Waals surface area contributed by atoms with Crippen LogP contribution in [0.5, 0.6) is 0 Å². The van der Waals surface area contributed by atoms with Crippen molar-refractivity contribution in [1.29, 1.82) is 0 Å². The predicted molar refractivity (Wildman–Crippen MR) is 93.2 cm³/mol. The van der Waals surface area contributed by atoms with E-state index in [1.54, 1.807) is 6.07 Å². The quantitative estimate of drug-likeness (QED) is 0.535. The highest BCUT2D eigenvalue weighted by Crippen LogP contribution is 2.29. The maximum Gasteiger partial charge on any atom is 0.345 e. The number of carboxylic acid groups (broad SMARTS) is 1. The molecule has 0 saturated carbocycles. The van der Waals surface area contributed by atoms with Gasteiger partial charge in [-0.1, -0.05) is 30.3 Å². The van der Waals surface area contributed by atoms with Gasteiger partial charge in [-0.15, -0.1) is 0 Å². The molecule has 1 fully saturated rings. The number of carbonyl (C=O) groups is 2. The van der Waals surface area contributed by atoms with Crippen LogP contribution in [-0.4, -0.2) is 75.0 Å². The van der Waals surface area contributed by atoms with Gasteiger partial charge in [-0.2, -0.15) is 8.78 Å². The molecule has 2 amide bonds. The zero-order valence-electron chi connectivity index (χ0n) is 14.6. The minimum Gasteiger partial charge on any atom is -0.480 e. The number of rotatable bonds is 8. The average Bonchev–Trinajstić information content (AvgIpc) is 2.67. The van der Waals surface area contributed by atoms with Crippen molar-refractivity contribution in [2.45, 2.75) is 24.0 Å². The lowest BCUT2D eigenvalue weighted by Crippen LogP contribution is -2.57. The Morgan fingerprint density at radius 3 is 2.32 bits per heavy atom. The van der Waals surface area contributed by atoms with Crippen LogP contribution in [0.2, 0.25) is 0 Å². The Morgan fingerprint density at radius 2 is 1.82 bits per heavy atom. The van der Waals surface area contributed by atoms with Crippen molar-refractivity contribution in [1.82, 2.24) is 10.2 Å². The predicted octanol–water partition coefficient (Wildman–Crippen LogP) is 1.05. The Balaban J connectivity index is 2.32. The Morgan fingerprint density at radius 1 is 1.21 bits per heavy atom. The summed E-state index contributed by atoms with van der Waals surface area (Å²) < 4.78 is 57.1. The molecule has 1 saturated heterocycles. The summed E-state index contributed by atoms with van der Waals surface area (Å²) in [6, 6.07) is 4.50. The summed E-state index contributed by atoms with van der Waals surface area (Å²) in [4.78, 5) is 25.4. The third kappa shape index (κ3) is 5.92. The number of nitrogens with zero attached hydrogens (tertiary/aromatic N) is 1. The summed E-state index contributed by atoms with van der Waals surface area (Å²) in [6.45, 7) is -2.44. The molecule has 0 radical (unpaired) electrons. The summed E-state index contributed by atoms with van der Waals surface area (Å²) in [5.74, 6) is -1.66. The Kier molecular flexibility index (Phi) is 8.23. The van der Waals surface area contributed by atoms with E-state index in [-0.39, 0.29) is 31.9 Å². The van der Waals surface area contributed by atoms with Gasteiger partial charge >= 0.3 is 18.6 Å². The van der Waals surface area contributed by atoms with Crippen LogP contribution >= 0.6 is 0 Å². The number of benzene rings is 1. The number of halogens is 2. The molecule has 3 N–H and O–H groups in total. The molecule has 12 heteroatoms. The molecule has 2 rings (SSSR count). The van der Waals surface area contributed by atoms with Gasteiger partial charge in [0.05, 0.1) is 13.2 Å². The Bertz CT molecular complexity index is 689. The second-order valence-corrected chi connectivity index (χ2v) is 6.93. The van der Waals surface area contributed by atoms with Crippen LogP contribution in [0, 0.1) is 0 Å². The molecular formula is C16H20F2N2O7S. The number of aliphatic carboxylic acids is 1. The maximum atomic E-state index is 13.0. The third-order valence-electron chi connectivity index (χ3n) is 4.08. The smallest absolute Gasteiger partial charge is 0.345 e. The number of hydrogen-bond donors (Lipinski definition) is 3. The summed E-state index contributed by atoms with van der Waals surface area (Å²) in [5, 5.41) is 9.78. The first-order chi connectivity index (χ1) is 13.3. The fraction of sp³-hybridized carbons (Fsp3) is 0.500. The highest BCUT2D eigenvalue weighted by Gasteiger charge is 2.43. The minimum atomic E-state index is -3.33. The van der Waals surface area contributed by atoms with Crippen LogP contribution in [0.4, 0.5) is 13.6 Å². The van der Waals surface area contributed by atoms with Gasteiger partial charge in [-0.25, -0.2) is 13.8 Å². The summed E-state index contributed by atoms with van der Waals surface area (Å²) in [5.41, 5.74) is 0.0714. The van der Waals surface area contributed by atoms with Gasteiger partial charge in [0.25, 0.3) is 0 Å². The van der Waals surface area contributed by atoms with Gasteiger partial charge in [0.15, 0.2) is 11.1 Å². The second-order valence-electron chi connectivity index (χ2n) is 5.83. The first-order valence-electron chi connectivity index (χ1n) is 8.25. The van der Waals surface area contributed by atoms with E-state index >= 15 is 0 Å². The van der Waals surface area contributed by atoms with Crippen molar-refractivity contribution >= 4 is 23.1 Å². The third-order valence-corrected chi connectivity index (χ3v) is 5.07. The molecule has 156 valence electrons. The molecule has 0 aromatic heterocycles. The van der Waals surface area contributed by atoms with E-state index in [1.807, 2.05) is 0 Å². The lowest BCUT2D eigenvalue weighted by Gasteiger charge is -2.32. The number of nitrogens with one attached hydrogen (secondary N) is 1. The highest BCUT2D eigenvalue weighted by molar-refractivity contribution is 7.80. The van der Waals surface area contributed by atoms with Crippen LogP contribution in [0.15, 0.2) is 30.3 Å². The number of urea groups is 1. The van der Waals surface area contributed by atoms with Gasteiger partial charge in [-0.05, 0) is 5.56 Å². The number of amides is 2. The number of ether oxygens (including phenoxy) is 2. The fourth-order valence-electron chi connectivity index (χ4n) is 2.77. The molecule has 0 bridgehead atoms. The van der Waals surface area contributed by atoms with Crippen LogP contribution in [0.3, 0.4) is 0 Å². The van der Waals surface area contributed by atoms with Crippen molar-refractivity contribution < 1.29 is 41.7 Å². The van der Waals surface area contributed by atoms with Gasteiger partial charge in [-0.3, -0.25) is 0 Å². The van der Waals surface area contributed by atoms with Crippen LogP contribution in [0.25, 0.3) is 0 Å². The molecule has 1 aliphatic heterocycles. The van der Waals surface area contributed by atoms with Crippen molar-refractivity contribution in [2.75, 3.05) is 26.3 Å². The van der Waals surface area contributed by atoms with Gasteiger partial charge in [0.2, 0.25) is 0 Å². The number of carboxylic acids is 1. The zero-order valence-corrected chi connectivity index (χ0v) is 15.4. The average molecular weight is 422 g/mol. The van der Waals surface area contributed by atoms with E-state index in [0.29, 0.717) is 0 Å². The number of hydrogen-bond acceptors (Lipinski definition) is 5. The van der Waals surface area contributed by atoms with Crippen molar-refractivity contribution in [3.63, 3.8) is 0 Å². The molecule has 0 spiro atoms. The van der Waals surface area contributed by atoms with Crippen LogP contribution < -0.4 is 5.32 Å². The molecule has 1 heterocycles. The lowest BCUT2D eigenvalue weighted by atomic mass is 10.0.